The molecule has 6 heteroatoms. The molecule has 1 heterocycles. The zero-order valence-electron chi connectivity index (χ0n) is 15.7. The van der Waals surface area contributed by atoms with Gasteiger partial charge in [-0.05, 0) is 25.7 Å². The van der Waals surface area contributed by atoms with Gasteiger partial charge in [0.2, 0.25) is 5.91 Å². The maximum atomic E-state index is 12.6. The minimum absolute atomic E-state index is 0.0345. The van der Waals surface area contributed by atoms with Crippen molar-refractivity contribution in [1.82, 2.24) is 20.2 Å². The van der Waals surface area contributed by atoms with Gasteiger partial charge in [0.1, 0.15) is 5.69 Å². The van der Waals surface area contributed by atoms with E-state index in [9.17, 15) is 9.59 Å². The number of carbonyl (C=O) groups is 2. The topological polar surface area (TPSA) is 75.2 Å². The molecule has 1 aromatic heterocycles. The lowest BCUT2D eigenvalue weighted by Crippen LogP contribution is -2.40. The lowest BCUT2D eigenvalue weighted by molar-refractivity contribution is -0.122. The number of rotatable bonds is 8. The van der Waals surface area contributed by atoms with Crippen LogP contribution in [0, 0.1) is 18.8 Å². The minimum Gasteiger partial charge on any atom is -0.353 e. The standard InChI is InChI=1S/C18H30N4O2/c1-12(2)11-22(8-7-17(23)21-15(6)13(3)4)18(24)16-10-19-14(5)9-20-16/h9-10,12-13,15H,7-8,11H2,1-6H3,(H,21,23). The third-order valence-corrected chi connectivity index (χ3v) is 3.87. The van der Waals surface area contributed by atoms with Crippen LogP contribution in [0.25, 0.3) is 0 Å². The van der Waals surface area contributed by atoms with Crippen molar-refractivity contribution in [1.29, 1.82) is 0 Å². The molecular formula is C18H30N4O2. The summed E-state index contributed by atoms with van der Waals surface area (Å²) < 4.78 is 0. The Balaban J connectivity index is 2.70. The molecule has 1 atom stereocenters. The lowest BCUT2D eigenvalue weighted by atomic mass is 10.1. The van der Waals surface area contributed by atoms with Crippen molar-refractivity contribution in [3.05, 3.63) is 23.8 Å². The highest BCUT2D eigenvalue weighted by molar-refractivity contribution is 5.92. The highest BCUT2D eigenvalue weighted by Crippen LogP contribution is 2.07. The summed E-state index contributed by atoms with van der Waals surface area (Å²) in [6.07, 6.45) is 3.36. The van der Waals surface area contributed by atoms with Crippen molar-refractivity contribution in [2.75, 3.05) is 13.1 Å². The summed E-state index contributed by atoms with van der Waals surface area (Å²) in [6.45, 7) is 13.0. The smallest absolute Gasteiger partial charge is 0.274 e. The fraction of sp³-hybridized carbons (Fsp3) is 0.667. The molecular weight excluding hydrogens is 304 g/mol. The van der Waals surface area contributed by atoms with Gasteiger partial charge in [0, 0.05) is 31.7 Å². The molecule has 0 aliphatic heterocycles. The van der Waals surface area contributed by atoms with Crippen LogP contribution in [0.1, 0.15) is 57.2 Å². The summed E-state index contributed by atoms with van der Waals surface area (Å²) in [5, 5.41) is 2.97. The van der Waals surface area contributed by atoms with Crippen molar-refractivity contribution in [2.45, 2.75) is 54.0 Å². The van der Waals surface area contributed by atoms with Crippen LogP contribution >= 0.6 is 0 Å². The molecule has 0 saturated heterocycles. The van der Waals surface area contributed by atoms with Crippen LogP contribution in [-0.2, 0) is 4.79 Å². The average Bonchev–Trinajstić information content (AvgIpc) is 2.51. The molecule has 0 spiro atoms. The van der Waals surface area contributed by atoms with E-state index in [0.717, 1.165) is 5.69 Å². The van der Waals surface area contributed by atoms with Gasteiger partial charge in [-0.2, -0.15) is 0 Å². The van der Waals surface area contributed by atoms with Crippen molar-refractivity contribution in [3.63, 3.8) is 0 Å². The largest absolute Gasteiger partial charge is 0.353 e. The second-order valence-electron chi connectivity index (χ2n) is 7.04. The number of aryl methyl sites for hydroxylation is 1. The predicted molar refractivity (Wildman–Crippen MR) is 94.6 cm³/mol. The highest BCUT2D eigenvalue weighted by Gasteiger charge is 2.20. The molecule has 1 unspecified atom stereocenters. The molecule has 0 radical (unpaired) electrons. The summed E-state index contributed by atoms with van der Waals surface area (Å²) in [7, 11) is 0. The highest BCUT2D eigenvalue weighted by atomic mass is 16.2. The summed E-state index contributed by atoms with van der Waals surface area (Å²) >= 11 is 0. The van der Waals surface area contributed by atoms with Crippen LogP contribution in [0.15, 0.2) is 12.4 Å². The summed E-state index contributed by atoms with van der Waals surface area (Å²) in [4.78, 5) is 34.7. The van der Waals surface area contributed by atoms with E-state index in [1.165, 1.54) is 6.20 Å². The zero-order valence-corrected chi connectivity index (χ0v) is 15.7. The van der Waals surface area contributed by atoms with Crippen molar-refractivity contribution in [3.8, 4) is 0 Å². The third kappa shape index (κ3) is 6.64. The predicted octanol–water partition coefficient (Wildman–Crippen LogP) is 2.43. The Bertz CT molecular complexity index is 540. The van der Waals surface area contributed by atoms with E-state index in [0.29, 0.717) is 30.6 Å². The van der Waals surface area contributed by atoms with Gasteiger partial charge < -0.3 is 10.2 Å². The molecule has 1 rings (SSSR count). The van der Waals surface area contributed by atoms with E-state index in [1.54, 1.807) is 11.1 Å². The number of aromatic nitrogens is 2. The fourth-order valence-corrected chi connectivity index (χ4v) is 2.11. The molecule has 0 fully saturated rings. The molecule has 2 amide bonds. The second-order valence-corrected chi connectivity index (χ2v) is 7.04. The van der Waals surface area contributed by atoms with Gasteiger partial charge in [-0.25, -0.2) is 4.98 Å². The van der Waals surface area contributed by atoms with E-state index in [4.69, 9.17) is 0 Å². The number of nitrogens with zero attached hydrogens (tertiary/aromatic N) is 3. The van der Waals surface area contributed by atoms with Crippen LogP contribution < -0.4 is 5.32 Å². The fourth-order valence-electron chi connectivity index (χ4n) is 2.11. The van der Waals surface area contributed by atoms with Crippen LogP contribution in [0.3, 0.4) is 0 Å². The quantitative estimate of drug-likeness (QED) is 0.792. The van der Waals surface area contributed by atoms with Gasteiger partial charge in [-0.3, -0.25) is 14.6 Å². The number of hydrogen-bond donors (Lipinski definition) is 1. The molecule has 0 aliphatic rings. The molecule has 0 aromatic carbocycles. The number of amides is 2. The van der Waals surface area contributed by atoms with Gasteiger partial charge in [0.15, 0.2) is 0 Å². The Kier molecular flexibility index (Phi) is 7.82. The summed E-state index contributed by atoms with van der Waals surface area (Å²) in [6, 6.07) is 0.120. The molecule has 1 aromatic rings. The molecule has 6 nitrogen and oxygen atoms in total. The summed E-state index contributed by atoms with van der Waals surface area (Å²) in [5.74, 6) is 0.476. The van der Waals surface area contributed by atoms with E-state index >= 15 is 0 Å². The van der Waals surface area contributed by atoms with Crippen molar-refractivity contribution < 1.29 is 9.59 Å². The third-order valence-electron chi connectivity index (χ3n) is 3.87. The van der Waals surface area contributed by atoms with Crippen LogP contribution in [0.5, 0.6) is 0 Å². The van der Waals surface area contributed by atoms with Gasteiger partial charge in [-0.1, -0.05) is 27.7 Å². The maximum absolute atomic E-state index is 12.6. The molecule has 0 saturated carbocycles. The van der Waals surface area contributed by atoms with E-state index in [1.807, 2.05) is 27.7 Å². The Hall–Kier alpha value is -1.98. The van der Waals surface area contributed by atoms with E-state index in [2.05, 4.69) is 29.1 Å². The lowest BCUT2D eigenvalue weighted by Gasteiger charge is -2.25. The van der Waals surface area contributed by atoms with Gasteiger partial charge in [0.05, 0.1) is 11.9 Å². The first-order valence-corrected chi connectivity index (χ1v) is 8.58. The van der Waals surface area contributed by atoms with Gasteiger partial charge in [0.25, 0.3) is 5.91 Å². The number of hydrogen-bond acceptors (Lipinski definition) is 4. The van der Waals surface area contributed by atoms with Crippen LogP contribution in [0.2, 0.25) is 0 Å². The zero-order chi connectivity index (χ0) is 18.3. The molecule has 1 N–H and O–H groups in total. The molecule has 0 bridgehead atoms. The summed E-state index contributed by atoms with van der Waals surface area (Å²) in [5.41, 5.74) is 1.08. The van der Waals surface area contributed by atoms with Crippen LogP contribution in [0.4, 0.5) is 0 Å². The monoisotopic (exact) mass is 334 g/mol. The van der Waals surface area contributed by atoms with Crippen molar-refractivity contribution >= 4 is 11.8 Å². The first-order valence-electron chi connectivity index (χ1n) is 8.58. The molecule has 24 heavy (non-hydrogen) atoms. The number of carbonyl (C=O) groups excluding carboxylic acids is 2. The van der Waals surface area contributed by atoms with Crippen LogP contribution in [-0.4, -0.2) is 45.8 Å². The Morgan fingerprint density at radius 2 is 1.79 bits per heavy atom. The Morgan fingerprint density at radius 1 is 1.12 bits per heavy atom. The maximum Gasteiger partial charge on any atom is 0.274 e. The Morgan fingerprint density at radius 3 is 2.29 bits per heavy atom. The second kappa shape index (κ2) is 9.35. The average molecular weight is 334 g/mol. The van der Waals surface area contributed by atoms with E-state index in [-0.39, 0.29) is 24.3 Å². The van der Waals surface area contributed by atoms with Crippen molar-refractivity contribution in [2.24, 2.45) is 11.8 Å². The molecule has 0 aliphatic carbocycles. The Labute approximate surface area is 145 Å². The SMILES string of the molecule is Cc1cnc(C(=O)N(CCC(=O)NC(C)C(C)C)CC(C)C)cn1. The number of nitrogens with one attached hydrogen (secondary N) is 1. The first kappa shape index (κ1) is 20.1. The van der Waals surface area contributed by atoms with Gasteiger partial charge in [-0.15, -0.1) is 0 Å². The minimum atomic E-state index is -0.180. The van der Waals surface area contributed by atoms with E-state index < -0.39 is 0 Å². The normalized spacial score (nSPS) is 12.3. The first-order chi connectivity index (χ1) is 11.2. The van der Waals surface area contributed by atoms with Gasteiger partial charge >= 0.3 is 0 Å². The molecule has 134 valence electrons.